The van der Waals surface area contributed by atoms with Gasteiger partial charge in [0.05, 0.1) is 29.0 Å². The first kappa shape index (κ1) is 22.4. The van der Waals surface area contributed by atoms with E-state index in [-0.39, 0.29) is 6.42 Å². The fourth-order valence-corrected chi connectivity index (χ4v) is 7.41. The lowest BCUT2D eigenvalue weighted by molar-refractivity contribution is -0.264. The lowest BCUT2D eigenvalue weighted by atomic mass is 9.51. The molecule has 0 unspecified atom stereocenters. The molecule has 0 aromatic rings. The highest BCUT2D eigenvalue weighted by molar-refractivity contribution is 5.88. The smallest absolute Gasteiger partial charge is 0.340 e. The molecule has 2 aliphatic carbocycles. The van der Waals surface area contributed by atoms with E-state index in [9.17, 15) is 45.0 Å². The summed E-state index contributed by atoms with van der Waals surface area (Å²) in [6.45, 7) is 6.37. The van der Waals surface area contributed by atoms with Crippen molar-refractivity contribution >= 4 is 17.9 Å². The molecular formula is C20H28O11. The monoisotopic (exact) mass is 444 g/mol. The van der Waals surface area contributed by atoms with Gasteiger partial charge in [-0.25, -0.2) is 9.59 Å². The lowest BCUT2D eigenvalue weighted by Gasteiger charge is -2.49. The van der Waals surface area contributed by atoms with Gasteiger partial charge in [-0.3, -0.25) is 4.79 Å². The molecule has 2 saturated heterocycles. The number of carbonyl (C=O) groups excluding carboxylic acids is 1. The molecule has 2 spiro atoms. The highest BCUT2D eigenvalue weighted by atomic mass is 16.7. The topological polar surface area (TPSA) is 191 Å². The molecule has 174 valence electrons. The van der Waals surface area contributed by atoms with Crippen LogP contribution in [0.1, 0.15) is 40.5 Å². The molecule has 2 saturated carbocycles. The van der Waals surface area contributed by atoms with Crippen molar-refractivity contribution in [3.63, 3.8) is 0 Å². The van der Waals surface area contributed by atoms with Crippen molar-refractivity contribution in [2.45, 2.75) is 76.3 Å². The number of aliphatic hydroxyl groups is 4. The minimum absolute atomic E-state index is 0.0731. The van der Waals surface area contributed by atoms with Gasteiger partial charge in [0.25, 0.3) is 0 Å². The number of carboxylic acid groups (broad SMARTS) is 2. The van der Waals surface area contributed by atoms with Crippen molar-refractivity contribution < 1.29 is 54.5 Å². The Morgan fingerprint density at radius 1 is 1.13 bits per heavy atom. The van der Waals surface area contributed by atoms with E-state index in [1.165, 1.54) is 0 Å². The Labute approximate surface area is 177 Å². The van der Waals surface area contributed by atoms with Crippen LogP contribution in [0.3, 0.4) is 0 Å². The van der Waals surface area contributed by atoms with Crippen molar-refractivity contribution in [1.82, 2.24) is 0 Å². The minimum atomic E-state index is -2.89. The second-order valence-corrected chi connectivity index (χ2v) is 10.5. The van der Waals surface area contributed by atoms with Crippen LogP contribution in [0.15, 0.2) is 0 Å². The van der Waals surface area contributed by atoms with E-state index in [2.05, 4.69) is 0 Å². The molecule has 2 aliphatic heterocycles. The maximum Gasteiger partial charge on any atom is 0.340 e. The molecule has 4 aliphatic rings. The van der Waals surface area contributed by atoms with Crippen LogP contribution < -0.4 is 0 Å². The molecule has 4 fully saturated rings. The van der Waals surface area contributed by atoms with Gasteiger partial charge in [0.15, 0.2) is 6.10 Å². The predicted molar refractivity (Wildman–Crippen MR) is 98.1 cm³/mol. The summed E-state index contributed by atoms with van der Waals surface area (Å²) >= 11 is 0. The lowest BCUT2D eigenvalue weighted by Crippen LogP contribution is -2.71. The molecule has 10 atom stereocenters. The van der Waals surface area contributed by atoms with E-state index >= 15 is 0 Å². The molecule has 0 amide bonds. The second-order valence-electron chi connectivity index (χ2n) is 10.5. The van der Waals surface area contributed by atoms with Gasteiger partial charge in [0.1, 0.15) is 5.60 Å². The molecule has 0 aromatic heterocycles. The van der Waals surface area contributed by atoms with E-state index in [0.717, 1.165) is 6.92 Å². The molecule has 2 heterocycles. The molecule has 0 aromatic carbocycles. The standard InChI is InChI=1S/C20H28O11/c1-7(12(24)25)19(29)10(22)6-17-9(21)5-8(16(2,3)4)18(17)11(23)13(26)30-15(18)31-20(17,19)14(27)28/h7-11,15,21-23,29H,5-6H2,1-4H3,(H,24,25)(H,27,28)/t7-,8+,9-,10+,11+,15+,17-,18+,19-,20-/m1/s1. The van der Waals surface area contributed by atoms with Gasteiger partial charge in [-0.05, 0) is 31.1 Å². The molecule has 0 bridgehead atoms. The molecule has 11 heteroatoms. The maximum atomic E-state index is 12.8. The summed E-state index contributed by atoms with van der Waals surface area (Å²) in [5.74, 6) is -7.03. The number of aliphatic hydroxyl groups excluding tert-OH is 3. The number of carbonyl (C=O) groups is 3. The number of esters is 1. The fourth-order valence-electron chi connectivity index (χ4n) is 7.41. The highest BCUT2D eigenvalue weighted by Gasteiger charge is 2.96. The van der Waals surface area contributed by atoms with Gasteiger partial charge in [0, 0.05) is 0 Å². The van der Waals surface area contributed by atoms with E-state index in [1.54, 1.807) is 20.8 Å². The first-order valence-corrected chi connectivity index (χ1v) is 10.2. The molecule has 6 N–H and O–H groups in total. The van der Waals surface area contributed by atoms with Crippen LogP contribution in [0.2, 0.25) is 0 Å². The zero-order chi connectivity index (χ0) is 23.5. The molecule has 31 heavy (non-hydrogen) atoms. The van der Waals surface area contributed by atoms with Crippen LogP contribution in [0.4, 0.5) is 0 Å². The molecular weight excluding hydrogens is 416 g/mol. The fraction of sp³-hybridized carbons (Fsp3) is 0.850. The Hall–Kier alpha value is -1.79. The Kier molecular flexibility index (Phi) is 4.31. The highest BCUT2D eigenvalue weighted by Crippen LogP contribution is 2.81. The predicted octanol–water partition coefficient (Wildman–Crippen LogP) is -1.30. The third-order valence-electron chi connectivity index (χ3n) is 8.54. The third kappa shape index (κ3) is 1.97. The summed E-state index contributed by atoms with van der Waals surface area (Å²) in [7, 11) is 0. The van der Waals surface area contributed by atoms with Gasteiger partial charge in [0.2, 0.25) is 11.9 Å². The van der Waals surface area contributed by atoms with E-state index in [0.29, 0.717) is 0 Å². The average molecular weight is 444 g/mol. The van der Waals surface area contributed by atoms with Crippen molar-refractivity contribution in [3.05, 3.63) is 0 Å². The van der Waals surface area contributed by atoms with Crippen LogP contribution in [-0.2, 0) is 23.9 Å². The van der Waals surface area contributed by atoms with Crippen molar-refractivity contribution in [1.29, 1.82) is 0 Å². The summed E-state index contributed by atoms with van der Waals surface area (Å²) in [6, 6.07) is 0. The molecule has 4 rings (SSSR count). The van der Waals surface area contributed by atoms with Gasteiger partial charge in [-0.2, -0.15) is 0 Å². The summed E-state index contributed by atoms with van der Waals surface area (Å²) in [4.78, 5) is 37.1. The Balaban J connectivity index is 2.11. The van der Waals surface area contributed by atoms with Crippen molar-refractivity contribution in [3.8, 4) is 0 Å². The van der Waals surface area contributed by atoms with Gasteiger partial charge in [-0.1, -0.05) is 20.8 Å². The number of hydrogen-bond donors (Lipinski definition) is 6. The molecule has 0 radical (unpaired) electrons. The van der Waals surface area contributed by atoms with Crippen LogP contribution in [0, 0.1) is 28.1 Å². The molecule has 11 nitrogen and oxygen atoms in total. The quantitative estimate of drug-likeness (QED) is 0.284. The number of hydrogen-bond acceptors (Lipinski definition) is 9. The minimum Gasteiger partial charge on any atom is -0.481 e. The largest absolute Gasteiger partial charge is 0.481 e. The summed E-state index contributed by atoms with van der Waals surface area (Å²) < 4.78 is 11.0. The Morgan fingerprint density at radius 2 is 1.71 bits per heavy atom. The number of aliphatic carboxylic acids is 2. The zero-order valence-corrected chi connectivity index (χ0v) is 17.6. The van der Waals surface area contributed by atoms with Gasteiger partial charge in [-0.15, -0.1) is 0 Å². The van der Waals surface area contributed by atoms with Gasteiger partial charge < -0.3 is 40.1 Å². The number of rotatable bonds is 3. The Bertz CT molecular complexity index is 866. The Morgan fingerprint density at radius 3 is 2.19 bits per heavy atom. The van der Waals surface area contributed by atoms with Crippen LogP contribution in [-0.4, -0.2) is 84.4 Å². The van der Waals surface area contributed by atoms with Crippen molar-refractivity contribution in [2.24, 2.45) is 28.1 Å². The zero-order valence-electron chi connectivity index (χ0n) is 17.6. The SMILES string of the molecule is C[C@H](C(=O)O)[C@@]1(O)[C@@H](O)C[C@@]23[C@H](O)C[C@@H](C(C)(C)C)[C@]24[C@@H](OC(=O)[C@@H]4O)O[C@@]13C(=O)O. The number of ether oxygens (including phenoxy) is 2. The van der Waals surface area contributed by atoms with E-state index < -0.39 is 88.2 Å². The maximum absolute atomic E-state index is 12.8. The second kappa shape index (κ2) is 5.96. The van der Waals surface area contributed by atoms with Crippen LogP contribution in [0.25, 0.3) is 0 Å². The number of carboxylic acids is 2. The first-order valence-electron chi connectivity index (χ1n) is 10.2. The summed E-state index contributed by atoms with van der Waals surface area (Å²) in [6.07, 6.45) is -7.74. The van der Waals surface area contributed by atoms with Crippen LogP contribution >= 0.6 is 0 Å². The third-order valence-corrected chi connectivity index (χ3v) is 8.54. The summed E-state index contributed by atoms with van der Waals surface area (Å²) in [5, 5.41) is 64.9. The van der Waals surface area contributed by atoms with E-state index in [1.807, 2.05) is 0 Å². The average Bonchev–Trinajstić information content (AvgIpc) is 3.22. The van der Waals surface area contributed by atoms with Gasteiger partial charge >= 0.3 is 17.9 Å². The first-order chi connectivity index (χ1) is 14.1. The van der Waals surface area contributed by atoms with Crippen LogP contribution in [0.5, 0.6) is 0 Å². The van der Waals surface area contributed by atoms with E-state index in [4.69, 9.17) is 9.47 Å². The summed E-state index contributed by atoms with van der Waals surface area (Å²) in [5.41, 5.74) is -10.4. The van der Waals surface area contributed by atoms with Crippen molar-refractivity contribution in [2.75, 3.05) is 0 Å². The normalized spacial score (nSPS) is 51.7.